The molecule has 15 rings (SSSR count). The summed E-state index contributed by atoms with van der Waals surface area (Å²) in [7, 11) is 8.60. The first kappa shape index (κ1) is 104. The van der Waals surface area contributed by atoms with E-state index >= 15 is 0 Å². The minimum Gasteiger partial charge on any atom is -0.201 e. The van der Waals surface area contributed by atoms with Gasteiger partial charge in [0, 0.05) is 86.7 Å². The van der Waals surface area contributed by atoms with E-state index in [2.05, 4.69) is 380 Å². The summed E-state index contributed by atoms with van der Waals surface area (Å²) in [5, 5.41) is 0. The standard InChI is InChI=1S/2C26H36N.C25H34N.C17H20N.9C2H6/c1-17-18(20-13-11-12-16-27(20)10)14-15-19-21(17)26(9)23(4,5)22(2,3)25(19,8)24(26,6)7;1-17-15-19-20(16-18(17)21-13-11-12-14-27(21)10)26(9)23(4,5)22(2,3)25(19,8)24(26,6)7;1-16-13-14-17-20(19(16)18-12-10-11-15-26(18)9)21-22(2,3)24(6,7)25(17,8)23(21,4)5;1-13-10-11-14-7-3-4-8-15(14)17(13)16-9-5-6-12-18(16)2;9*1-2/h2*11-16H,1-10H3;10-15,21H,1-9H3;5-6,9-12H,3-4,7-8H2,1-2H3;9*1-2H3/q4*+1;;;;;;;;;. The Labute approximate surface area is 718 Å². The number of benzene rings is 4. The zero-order valence-corrected chi connectivity index (χ0v) is 85.1. The van der Waals surface area contributed by atoms with Crippen molar-refractivity contribution in [2.45, 2.75) is 370 Å². The Hall–Kier alpha value is -6.52. The fourth-order valence-electron chi connectivity index (χ4n) is 24.8. The van der Waals surface area contributed by atoms with Crippen LogP contribution in [0.1, 0.15) is 369 Å². The summed E-state index contributed by atoms with van der Waals surface area (Å²) < 4.78 is 9.00. The second kappa shape index (κ2) is 38.5. The van der Waals surface area contributed by atoms with Gasteiger partial charge in [0.1, 0.15) is 28.2 Å². The molecule has 0 radical (unpaired) electrons. The summed E-state index contributed by atoms with van der Waals surface area (Å²) >= 11 is 0. The minimum atomic E-state index is 0.126. The maximum atomic E-state index is 2.55. The summed E-state index contributed by atoms with van der Waals surface area (Å²) in [6.45, 7) is 103. The third-order valence-electron chi connectivity index (χ3n) is 34.0. The van der Waals surface area contributed by atoms with Crippen LogP contribution in [0, 0.1) is 76.4 Å². The van der Waals surface area contributed by atoms with Crippen molar-refractivity contribution in [2.24, 2.45) is 76.9 Å². The number of fused-ring (bicyclic) bond motifs is 16. The number of aryl methyl sites for hydroxylation is 8. The fraction of sp³-hybridized carbons (Fsp3) is 0.607. The Morgan fingerprint density at radius 2 is 0.612 bits per heavy atom. The first-order valence-corrected chi connectivity index (χ1v) is 46.6. The molecule has 6 unspecified atom stereocenters. The Morgan fingerprint density at radius 3 is 1.03 bits per heavy atom. The second-order valence-electron chi connectivity index (χ2n) is 37.9. The molecule has 0 aliphatic heterocycles. The lowest BCUT2D eigenvalue weighted by Crippen LogP contribution is -2.50. The number of rotatable bonds is 4. The Kier molecular flexibility index (Phi) is 34.4. The van der Waals surface area contributed by atoms with Gasteiger partial charge in [0.05, 0.1) is 11.1 Å². The summed E-state index contributed by atoms with van der Waals surface area (Å²) in [5.41, 5.74) is 32.0. The molecule has 4 heteroatoms. The summed E-state index contributed by atoms with van der Waals surface area (Å²) in [6.07, 6.45) is 13.8. The molecule has 6 atom stereocenters. The van der Waals surface area contributed by atoms with Crippen LogP contribution in [-0.2, 0) is 68.1 Å². The number of pyridine rings is 4. The van der Waals surface area contributed by atoms with E-state index in [1.54, 1.807) is 44.5 Å². The molecule has 0 spiro atoms. The van der Waals surface area contributed by atoms with E-state index in [1.165, 1.54) is 93.0 Å². The highest BCUT2D eigenvalue weighted by atomic mass is 14.9. The number of aromatic nitrogens is 4. The average Bonchev–Trinajstić information content (AvgIpc) is 1.46. The molecule has 7 aliphatic carbocycles. The molecular formula is C112H180N4+4. The largest absolute Gasteiger partial charge is 0.212 e. The van der Waals surface area contributed by atoms with Crippen LogP contribution >= 0.6 is 0 Å². The van der Waals surface area contributed by atoms with Crippen LogP contribution in [0.4, 0.5) is 0 Å². The van der Waals surface area contributed by atoms with Crippen molar-refractivity contribution >= 4 is 0 Å². The Balaban J connectivity index is 0.000000377. The smallest absolute Gasteiger partial charge is 0.201 e. The van der Waals surface area contributed by atoms with E-state index in [0.717, 1.165) is 0 Å². The molecule has 4 nitrogen and oxygen atoms in total. The predicted octanol–water partition coefficient (Wildman–Crippen LogP) is 30.8. The van der Waals surface area contributed by atoms with Gasteiger partial charge in [0.25, 0.3) is 0 Å². The molecule has 0 amide bonds. The molecule has 4 aromatic carbocycles. The van der Waals surface area contributed by atoms with E-state index in [0.29, 0.717) is 5.92 Å². The number of hydrogen-bond donors (Lipinski definition) is 0. The van der Waals surface area contributed by atoms with Crippen molar-refractivity contribution < 1.29 is 18.3 Å². The normalized spacial score (nSPS) is 24.1. The van der Waals surface area contributed by atoms with Crippen LogP contribution < -0.4 is 18.3 Å². The monoisotopic (exact) mass is 1580 g/mol. The number of nitrogens with zero attached hydrogens (tertiary/aromatic N) is 4. The van der Waals surface area contributed by atoms with Crippen molar-refractivity contribution in [1.82, 2.24) is 0 Å². The highest BCUT2D eigenvalue weighted by Gasteiger charge is 2.82. The van der Waals surface area contributed by atoms with E-state index in [-0.39, 0.29) is 75.8 Å². The van der Waals surface area contributed by atoms with Gasteiger partial charge in [-0.2, -0.15) is 0 Å². The molecule has 8 aromatic rings. The van der Waals surface area contributed by atoms with Crippen molar-refractivity contribution in [3.8, 4) is 45.0 Å². The van der Waals surface area contributed by atoms with Crippen molar-refractivity contribution in [3.63, 3.8) is 0 Å². The van der Waals surface area contributed by atoms with Crippen LogP contribution in [0.25, 0.3) is 45.0 Å². The minimum absolute atomic E-state index is 0.126. The molecule has 4 aromatic heterocycles. The Morgan fingerprint density at radius 1 is 0.276 bits per heavy atom. The van der Waals surface area contributed by atoms with Gasteiger partial charge in [0.15, 0.2) is 24.8 Å². The van der Waals surface area contributed by atoms with Crippen molar-refractivity contribution in [2.75, 3.05) is 0 Å². The van der Waals surface area contributed by atoms with E-state index < -0.39 is 0 Å². The lowest BCUT2D eigenvalue weighted by molar-refractivity contribution is -0.660. The molecule has 3 fully saturated rings. The molecule has 6 bridgehead atoms. The van der Waals surface area contributed by atoms with Gasteiger partial charge >= 0.3 is 0 Å². The van der Waals surface area contributed by atoms with E-state index in [1.807, 2.05) is 125 Å². The van der Waals surface area contributed by atoms with Crippen LogP contribution in [0.3, 0.4) is 0 Å². The first-order valence-electron chi connectivity index (χ1n) is 46.6. The maximum absolute atomic E-state index is 2.55. The predicted molar refractivity (Wildman–Crippen MR) is 513 cm³/mol. The Bertz CT molecular complexity index is 4520. The molecule has 644 valence electrons. The molecule has 116 heavy (non-hydrogen) atoms. The summed E-state index contributed by atoms with van der Waals surface area (Å²) in [6, 6.07) is 45.3. The summed E-state index contributed by atoms with van der Waals surface area (Å²) in [5.74, 6) is 0.556. The molecule has 0 N–H and O–H groups in total. The van der Waals surface area contributed by atoms with Gasteiger partial charge in [-0.15, -0.1) is 0 Å². The third kappa shape index (κ3) is 14.4. The van der Waals surface area contributed by atoms with Crippen LogP contribution in [0.15, 0.2) is 146 Å². The quantitative estimate of drug-likeness (QED) is 0.156. The third-order valence-corrected chi connectivity index (χ3v) is 34.0. The molecule has 0 saturated heterocycles. The highest BCUT2D eigenvalue weighted by Crippen LogP contribution is 2.86. The van der Waals surface area contributed by atoms with Gasteiger partial charge in [-0.3, -0.25) is 0 Å². The molecule has 4 heterocycles. The van der Waals surface area contributed by atoms with E-state index in [4.69, 9.17) is 0 Å². The fourth-order valence-corrected chi connectivity index (χ4v) is 24.8. The molecule has 3 saturated carbocycles. The van der Waals surface area contributed by atoms with Gasteiger partial charge < -0.3 is 0 Å². The van der Waals surface area contributed by atoms with Crippen LogP contribution in [-0.4, -0.2) is 0 Å². The second-order valence-corrected chi connectivity index (χ2v) is 37.9. The summed E-state index contributed by atoms with van der Waals surface area (Å²) in [4.78, 5) is 0. The SMILES string of the molecule is CC.CC.CC.CC.CC.CC.CC.CC.CC.Cc1c(-c2cccc[n+]2C)ccc2c1C1(C)C(C)(C)C(C)(C)C2(C)C1(C)C.Cc1cc2c(cc1-c1cccc[n+]1C)C1(C)C(C)(C)C(C)(C)C2(C)C1(C)C.Cc1ccc2c(c1-c1cccc[n+]1C)C1C(C)(C)C(C)(C)C2(C)C1(C)C.Cc1ccc2c(c1-c1cccc[n+]1C)CCCC2. The van der Waals surface area contributed by atoms with Gasteiger partial charge in [-0.1, -0.05) is 320 Å². The topological polar surface area (TPSA) is 15.5 Å². The average molecular weight is 1580 g/mol. The van der Waals surface area contributed by atoms with E-state index in [9.17, 15) is 0 Å². The lowest BCUT2D eigenvalue weighted by Gasteiger charge is -2.54. The van der Waals surface area contributed by atoms with Gasteiger partial charge in [-0.25, -0.2) is 18.3 Å². The van der Waals surface area contributed by atoms with Crippen molar-refractivity contribution in [3.05, 3.63) is 213 Å². The van der Waals surface area contributed by atoms with Gasteiger partial charge in [0.2, 0.25) is 22.8 Å². The molecule has 7 aliphatic rings. The first-order chi connectivity index (χ1) is 54.2. The van der Waals surface area contributed by atoms with Crippen LogP contribution in [0.2, 0.25) is 0 Å². The van der Waals surface area contributed by atoms with Gasteiger partial charge in [-0.05, 0) is 211 Å². The van der Waals surface area contributed by atoms with Crippen LogP contribution in [0.5, 0.6) is 0 Å². The maximum Gasteiger partial charge on any atom is 0.212 e. The van der Waals surface area contributed by atoms with Crippen molar-refractivity contribution in [1.29, 1.82) is 0 Å². The zero-order chi connectivity index (χ0) is 90.2. The highest BCUT2D eigenvalue weighted by molar-refractivity contribution is 5.75. The zero-order valence-electron chi connectivity index (χ0n) is 85.1. The molecular weight excluding hydrogens is 1400 g/mol. The lowest BCUT2D eigenvalue weighted by atomic mass is 9.49. The number of hydrogen-bond acceptors (Lipinski definition) is 0.